The molecular formula is C14H14FN3O2S. The van der Waals surface area contributed by atoms with Crippen LogP contribution in [-0.4, -0.2) is 40.2 Å². The minimum absolute atomic E-state index is 0.272. The third kappa shape index (κ3) is 3.20. The highest BCUT2D eigenvalue weighted by Crippen LogP contribution is 2.25. The average molecular weight is 307 g/mol. The van der Waals surface area contributed by atoms with E-state index in [9.17, 15) is 14.3 Å². The molecule has 110 valence electrons. The fourth-order valence-electron chi connectivity index (χ4n) is 2.21. The molecule has 2 amide bonds. The highest BCUT2D eigenvalue weighted by atomic mass is 32.1. The number of β-amino-alcohol motifs (C(OH)–C–C–N with tert-alkyl or cyclic N) is 1. The maximum atomic E-state index is 13.2. The number of carbonyl (C=O) groups is 1. The molecule has 1 aliphatic heterocycles. The van der Waals surface area contributed by atoms with E-state index in [4.69, 9.17) is 0 Å². The van der Waals surface area contributed by atoms with E-state index in [1.807, 2.05) is 0 Å². The molecule has 1 fully saturated rings. The molecule has 1 aromatic carbocycles. The smallest absolute Gasteiger partial charge is 0.323 e. The van der Waals surface area contributed by atoms with Gasteiger partial charge in [-0.15, -0.1) is 11.3 Å². The van der Waals surface area contributed by atoms with Crippen molar-refractivity contribution in [2.75, 3.05) is 18.4 Å². The summed E-state index contributed by atoms with van der Waals surface area (Å²) < 4.78 is 13.2. The number of hydrogen-bond acceptors (Lipinski definition) is 4. The van der Waals surface area contributed by atoms with Crippen LogP contribution in [0.5, 0.6) is 0 Å². The van der Waals surface area contributed by atoms with E-state index in [1.165, 1.54) is 23.5 Å². The number of aromatic nitrogens is 1. The number of hydrogen-bond donors (Lipinski definition) is 2. The Morgan fingerprint density at radius 1 is 1.52 bits per heavy atom. The monoisotopic (exact) mass is 307 g/mol. The molecule has 1 aliphatic rings. The number of nitrogens with one attached hydrogen (secondary N) is 1. The van der Waals surface area contributed by atoms with Crippen LogP contribution in [0.25, 0.3) is 11.3 Å². The van der Waals surface area contributed by atoms with Gasteiger partial charge in [-0.2, -0.15) is 0 Å². The average Bonchev–Trinajstić information content (AvgIpc) is 3.08. The SMILES string of the molecule is O=C(Nc1nc(-c2cccc(F)c2)cs1)N1CC[C@@H](O)C1. The molecule has 5 nitrogen and oxygen atoms in total. The van der Waals surface area contributed by atoms with Gasteiger partial charge in [0.15, 0.2) is 5.13 Å². The molecule has 2 heterocycles. The van der Waals surface area contributed by atoms with Crippen molar-refractivity contribution in [3.05, 3.63) is 35.5 Å². The van der Waals surface area contributed by atoms with Crippen LogP contribution in [0.3, 0.4) is 0 Å². The number of amides is 2. The van der Waals surface area contributed by atoms with Gasteiger partial charge in [0.25, 0.3) is 0 Å². The number of benzene rings is 1. The third-order valence-corrected chi connectivity index (χ3v) is 4.05. The summed E-state index contributed by atoms with van der Waals surface area (Å²) in [6.45, 7) is 0.878. The lowest BCUT2D eigenvalue weighted by molar-refractivity contribution is 0.176. The van der Waals surface area contributed by atoms with Crippen LogP contribution < -0.4 is 5.32 Å². The lowest BCUT2D eigenvalue weighted by Crippen LogP contribution is -2.33. The number of nitrogens with zero attached hydrogens (tertiary/aromatic N) is 2. The maximum absolute atomic E-state index is 13.2. The standard InChI is InChI=1S/C14H14FN3O2S/c15-10-3-1-2-9(6-10)12-8-21-13(16-12)17-14(20)18-5-4-11(19)7-18/h1-3,6,8,11,19H,4-5,7H2,(H,16,17,20)/t11-/m1/s1. The van der Waals surface area contributed by atoms with E-state index in [0.717, 1.165) is 0 Å². The first-order chi connectivity index (χ1) is 10.1. The van der Waals surface area contributed by atoms with Crippen molar-refractivity contribution in [1.82, 2.24) is 9.88 Å². The number of halogens is 1. The lowest BCUT2D eigenvalue weighted by atomic mass is 10.2. The first-order valence-electron chi connectivity index (χ1n) is 6.57. The Bertz CT molecular complexity index is 661. The van der Waals surface area contributed by atoms with Crippen LogP contribution in [0.2, 0.25) is 0 Å². The Kier molecular flexibility index (Phi) is 3.85. The minimum Gasteiger partial charge on any atom is -0.391 e. The van der Waals surface area contributed by atoms with E-state index >= 15 is 0 Å². The number of aliphatic hydroxyl groups excluding tert-OH is 1. The van der Waals surface area contributed by atoms with Gasteiger partial charge in [0.05, 0.1) is 11.8 Å². The van der Waals surface area contributed by atoms with Crippen LogP contribution in [0.15, 0.2) is 29.6 Å². The summed E-state index contributed by atoms with van der Waals surface area (Å²) in [4.78, 5) is 17.8. The fraction of sp³-hybridized carbons (Fsp3) is 0.286. The predicted molar refractivity (Wildman–Crippen MR) is 78.7 cm³/mol. The van der Waals surface area contributed by atoms with Gasteiger partial charge in [0.1, 0.15) is 5.82 Å². The van der Waals surface area contributed by atoms with Gasteiger partial charge in [-0.05, 0) is 18.6 Å². The zero-order chi connectivity index (χ0) is 14.8. The van der Waals surface area contributed by atoms with E-state index in [2.05, 4.69) is 10.3 Å². The molecule has 1 saturated heterocycles. The molecule has 1 aromatic heterocycles. The van der Waals surface area contributed by atoms with Gasteiger partial charge < -0.3 is 10.0 Å². The van der Waals surface area contributed by atoms with Crippen molar-refractivity contribution >= 4 is 22.5 Å². The highest BCUT2D eigenvalue weighted by molar-refractivity contribution is 7.14. The number of carbonyl (C=O) groups excluding carboxylic acids is 1. The largest absolute Gasteiger partial charge is 0.391 e. The number of anilines is 1. The molecule has 21 heavy (non-hydrogen) atoms. The minimum atomic E-state index is -0.449. The summed E-state index contributed by atoms with van der Waals surface area (Å²) in [7, 11) is 0. The zero-order valence-electron chi connectivity index (χ0n) is 11.1. The van der Waals surface area contributed by atoms with Gasteiger partial charge in [-0.25, -0.2) is 14.2 Å². The van der Waals surface area contributed by atoms with Gasteiger partial charge >= 0.3 is 6.03 Å². The van der Waals surface area contributed by atoms with Crippen LogP contribution in [0.1, 0.15) is 6.42 Å². The molecule has 3 rings (SSSR count). The van der Waals surface area contributed by atoms with Crippen molar-refractivity contribution in [3.8, 4) is 11.3 Å². The predicted octanol–water partition coefficient (Wildman–Crippen LogP) is 2.55. The number of thiazole rings is 1. The Hall–Kier alpha value is -1.99. The molecule has 2 aromatic rings. The fourth-order valence-corrected chi connectivity index (χ4v) is 2.92. The van der Waals surface area contributed by atoms with Crippen molar-refractivity contribution in [2.45, 2.75) is 12.5 Å². The summed E-state index contributed by atoms with van der Waals surface area (Å²) in [5.74, 6) is -0.322. The first-order valence-corrected chi connectivity index (χ1v) is 7.45. The van der Waals surface area contributed by atoms with E-state index in [1.54, 1.807) is 22.4 Å². The van der Waals surface area contributed by atoms with Crippen LogP contribution in [-0.2, 0) is 0 Å². The quantitative estimate of drug-likeness (QED) is 0.896. The van der Waals surface area contributed by atoms with Gasteiger partial charge in [-0.3, -0.25) is 5.32 Å². The summed E-state index contributed by atoms with van der Waals surface area (Å²) in [6, 6.07) is 5.88. The molecule has 0 saturated carbocycles. The number of aliphatic hydroxyl groups is 1. The second-order valence-electron chi connectivity index (χ2n) is 4.87. The third-order valence-electron chi connectivity index (χ3n) is 3.29. The first kappa shape index (κ1) is 14.0. The second-order valence-corrected chi connectivity index (χ2v) is 5.73. The molecule has 1 atom stereocenters. The van der Waals surface area contributed by atoms with Crippen LogP contribution >= 0.6 is 11.3 Å². The molecule has 7 heteroatoms. The highest BCUT2D eigenvalue weighted by Gasteiger charge is 2.25. The van der Waals surface area contributed by atoms with E-state index < -0.39 is 6.10 Å². The molecule has 0 unspecified atom stereocenters. The topological polar surface area (TPSA) is 65.5 Å². The zero-order valence-corrected chi connectivity index (χ0v) is 11.9. The van der Waals surface area contributed by atoms with Gasteiger partial charge in [0.2, 0.25) is 0 Å². The number of rotatable bonds is 2. The van der Waals surface area contributed by atoms with Crippen molar-refractivity contribution in [3.63, 3.8) is 0 Å². The number of likely N-dealkylation sites (tertiary alicyclic amines) is 1. The van der Waals surface area contributed by atoms with Crippen LogP contribution in [0, 0.1) is 5.82 Å². The summed E-state index contributed by atoms with van der Waals surface area (Å²) in [6.07, 6.45) is 0.148. The molecular weight excluding hydrogens is 293 g/mol. The Morgan fingerprint density at radius 2 is 2.38 bits per heavy atom. The summed E-state index contributed by atoms with van der Waals surface area (Å²) in [5.41, 5.74) is 1.29. The second kappa shape index (κ2) is 5.79. The van der Waals surface area contributed by atoms with Crippen molar-refractivity contribution in [1.29, 1.82) is 0 Å². The normalized spacial score (nSPS) is 18.0. The van der Waals surface area contributed by atoms with Gasteiger partial charge in [0, 0.05) is 24.0 Å². The van der Waals surface area contributed by atoms with E-state index in [-0.39, 0.29) is 11.8 Å². The summed E-state index contributed by atoms with van der Waals surface area (Å²) >= 11 is 1.28. The number of urea groups is 1. The molecule has 0 bridgehead atoms. The Labute approximate surface area is 125 Å². The molecule has 0 aliphatic carbocycles. The molecule has 2 N–H and O–H groups in total. The molecule has 0 radical (unpaired) electrons. The summed E-state index contributed by atoms with van der Waals surface area (Å²) in [5, 5.41) is 14.3. The lowest BCUT2D eigenvalue weighted by Gasteiger charge is -2.14. The van der Waals surface area contributed by atoms with Gasteiger partial charge in [-0.1, -0.05) is 12.1 Å². The van der Waals surface area contributed by atoms with Crippen molar-refractivity contribution < 1.29 is 14.3 Å². The molecule has 0 spiro atoms. The Balaban J connectivity index is 1.69. The van der Waals surface area contributed by atoms with E-state index in [0.29, 0.717) is 35.9 Å². The van der Waals surface area contributed by atoms with Crippen LogP contribution in [0.4, 0.5) is 14.3 Å². The maximum Gasteiger partial charge on any atom is 0.323 e. The Morgan fingerprint density at radius 3 is 3.10 bits per heavy atom. The van der Waals surface area contributed by atoms with Crippen molar-refractivity contribution in [2.24, 2.45) is 0 Å².